The largest absolute Gasteiger partial charge is 0.482 e. The highest BCUT2D eigenvalue weighted by atomic mass is 35.5. The third-order valence-electron chi connectivity index (χ3n) is 4.70. The average Bonchev–Trinajstić information content (AvgIpc) is 3.04. The number of carbonyl (C=O) groups excluding carboxylic acids is 1. The summed E-state index contributed by atoms with van der Waals surface area (Å²) in [5.41, 5.74) is 1.28. The first-order chi connectivity index (χ1) is 12.7. The normalized spacial score (nSPS) is 16.7. The fraction of sp³-hybridized carbons (Fsp3) is 0.450. The Balaban J connectivity index is 1.55. The van der Waals surface area contributed by atoms with Gasteiger partial charge in [-0.05, 0) is 60.5 Å². The smallest absolute Gasteiger partial charge is 0.258 e. The minimum atomic E-state index is -0.125. The van der Waals surface area contributed by atoms with Crippen LogP contribution in [0.1, 0.15) is 37.3 Å². The molecule has 3 rings (SSSR count). The second-order valence-electron chi connectivity index (χ2n) is 6.55. The molecule has 2 heterocycles. The van der Waals surface area contributed by atoms with Crippen molar-refractivity contribution in [2.24, 2.45) is 0 Å². The van der Waals surface area contributed by atoms with Crippen LogP contribution in [0.25, 0.3) is 0 Å². The molecule has 4 nitrogen and oxygen atoms in total. The number of hydrogen-bond donors (Lipinski definition) is 1. The number of likely N-dealkylation sites (tertiary alicyclic amines) is 1. The Hall–Kier alpha value is -1.56. The van der Waals surface area contributed by atoms with Gasteiger partial charge in [0.2, 0.25) is 0 Å². The molecule has 26 heavy (non-hydrogen) atoms. The van der Waals surface area contributed by atoms with Crippen molar-refractivity contribution in [2.45, 2.75) is 31.7 Å². The van der Waals surface area contributed by atoms with Crippen LogP contribution in [0.2, 0.25) is 5.02 Å². The zero-order valence-electron chi connectivity index (χ0n) is 14.8. The lowest BCUT2D eigenvalue weighted by molar-refractivity contribution is -0.123. The summed E-state index contributed by atoms with van der Waals surface area (Å²) in [5.74, 6) is 0.409. The fourth-order valence-electron chi connectivity index (χ4n) is 3.30. The quantitative estimate of drug-likeness (QED) is 0.753. The predicted octanol–water partition coefficient (Wildman–Crippen LogP) is 4.51. The van der Waals surface area contributed by atoms with E-state index in [-0.39, 0.29) is 18.6 Å². The molecular formula is C20H25ClN2O2S. The fourth-order valence-corrected chi connectivity index (χ4v) is 4.19. The van der Waals surface area contributed by atoms with E-state index < -0.39 is 0 Å². The van der Waals surface area contributed by atoms with E-state index in [1.807, 2.05) is 12.1 Å². The Morgan fingerprint density at radius 1 is 1.19 bits per heavy atom. The van der Waals surface area contributed by atoms with Crippen LogP contribution >= 0.6 is 22.9 Å². The minimum absolute atomic E-state index is 0.0277. The number of amides is 1. The molecule has 0 aliphatic carbocycles. The highest BCUT2D eigenvalue weighted by Gasteiger charge is 2.22. The number of hydrogen-bond acceptors (Lipinski definition) is 4. The van der Waals surface area contributed by atoms with Gasteiger partial charge >= 0.3 is 0 Å². The maximum atomic E-state index is 12.3. The van der Waals surface area contributed by atoms with Gasteiger partial charge in [-0.15, -0.1) is 0 Å². The molecule has 6 heteroatoms. The molecule has 1 N–H and O–H groups in total. The molecule has 1 aliphatic heterocycles. The molecule has 0 spiro atoms. The van der Waals surface area contributed by atoms with E-state index in [1.54, 1.807) is 23.5 Å². The topological polar surface area (TPSA) is 41.6 Å². The summed E-state index contributed by atoms with van der Waals surface area (Å²) in [6.07, 6.45) is 5.05. The van der Waals surface area contributed by atoms with E-state index in [1.165, 1.54) is 31.2 Å². The van der Waals surface area contributed by atoms with E-state index in [4.69, 9.17) is 16.3 Å². The van der Waals surface area contributed by atoms with Gasteiger partial charge in [0, 0.05) is 6.54 Å². The molecule has 1 aromatic heterocycles. The Kier molecular flexibility index (Phi) is 7.35. The number of nitrogens with one attached hydrogen (secondary N) is 1. The molecule has 1 unspecified atom stereocenters. The SMILES string of the molecule is O=C(COc1ccccc1Cl)NCC(c1ccsc1)N1CCCCCC1. The molecular weight excluding hydrogens is 368 g/mol. The molecule has 1 aromatic carbocycles. The predicted molar refractivity (Wildman–Crippen MR) is 107 cm³/mol. The van der Waals surface area contributed by atoms with Gasteiger partial charge in [0.1, 0.15) is 5.75 Å². The van der Waals surface area contributed by atoms with Crippen LogP contribution in [-0.2, 0) is 4.79 Å². The third kappa shape index (κ3) is 5.47. The highest BCUT2D eigenvalue weighted by molar-refractivity contribution is 7.07. The van der Waals surface area contributed by atoms with E-state index in [0.717, 1.165) is 13.1 Å². The number of thiophene rings is 1. The Labute approximate surface area is 164 Å². The van der Waals surface area contributed by atoms with Gasteiger partial charge in [-0.3, -0.25) is 9.69 Å². The van der Waals surface area contributed by atoms with Crippen LogP contribution in [0.3, 0.4) is 0 Å². The van der Waals surface area contributed by atoms with Crippen molar-refractivity contribution in [3.05, 3.63) is 51.7 Å². The zero-order valence-corrected chi connectivity index (χ0v) is 16.4. The highest BCUT2D eigenvalue weighted by Crippen LogP contribution is 2.26. The van der Waals surface area contributed by atoms with Crippen molar-refractivity contribution < 1.29 is 9.53 Å². The van der Waals surface area contributed by atoms with Crippen molar-refractivity contribution >= 4 is 28.8 Å². The summed E-state index contributed by atoms with van der Waals surface area (Å²) in [5, 5.41) is 7.83. The van der Waals surface area contributed by atoms with Crippen molar-refractivity contribution in [2.75, 3.05) is 26.2 Å². The molecule has 1 aliphatic rings. The third-order valence-corrected chi connectivity index (χ3v) is 5.71. The molecule has 1 atom stereocenters. The van der Waals surface area contributed by atoms with Crippen LogP contribution < -0.4 is 10.1 Å². The van der Waals surface area contributed by atoms with Crippen LogP contribution in [0, 0.1) is 0 Å². The monoisotopic (exact) mass is 392 g/mol. The van der Waals surface area contributed by atoms with Gasteiger partial charge in [0.15, 0.2) is 6.61 Å². The Bertz CT molecular complexity index is 685. The summed E-state index contributed by atoms with van der Waals surface area (Å²) < 4.78 is 5.53. The molecule has 2 aromatic rings. The van der Waals surface area contributed by atoms with E-state index in [2.05, 4.69) is 27.0 Å². The van der Waals surface area contributed by atoms with E-state index >= 15 is 0 Å². The van der Waals surface area contributed by atoms with Crippen LogP contribution in [0.5, 0.6) is 5.75 Å². The number of para-hydroxylation sites is 1. The number of rotatable bonds is 7. The minimum Gasteiger partial charge on any atom is -0.482 e. The number of carbonyl (C=O) groups is 1. The van der Waals surface area contributed by atoms with Crippen molar-refractivity contribution in [3.8, 4) is 5.75 Å². The van der Waals surface area contributed by atoms with Gasteiger partial charge in [-0.25, -0.2) is 0 Å². The van der Waals surface area contributed by atoms with Crippen molar-refractivity contribution in [1.82, 2.24) is 10.2 Å². The summed E-state index contributed by atoms with van der Waals surface area (Å²) >= 11 is 7.76. The standard InChI is InChI=1S/C20H25ClN2O2S/c21-17-7-3-4-8-19(17)25-14-20(24)22-13-18(16-9-12-26-15-16)23-10-5-1-2-6-11-23/h3-4,7-9,12,15,18H,1-2,5-6,10-11,13-14H2,(H,22,24). The lowest BCUT2D eigenvalue weighted by Gasteiger charge is -2.30. The first-order valence-corrected chi connectivity index (χ1v) is 10.5. The van der Waals surface area contributed by atoms with Gasteiger partial charge < -0.3 is 10.1 Å². The second kappa shape index (κ2) is 9.95. The Morgan fingerprint density at radius 3 is 2.65 bits per heavy atom. The number of ether oxygens (including phenoxy) is 1. The maximum Gasteiger partial charge on any atom is 0.258 e. The van der Waals surface area contributed by atoms with Gasteiger partial charge in [0.25, 0.3) is 5.91 Å². The molecule has 1 amide bonds. The number of halogens is 1. The summed E-state index contributed by atoms with van der Waals surface area (Å²) in [7, 11) is 0. The Morgan fingerprint density at radius 2 is 1.96 bits per heavy atom. The first-order valence-electron chi connectivity index (χ1n) is 9.14. The molecule has 0 saturated carbocycles. The number of benzene rings is 1. The van der Waals surface area contributed by atoms with E-state index in [9.17, 15) is 4.79 Å². The van der Waals surface area contributed by atoms with Crippen LogP contribution in [0.4, 0.5) is 0 Å². The molecule has 1 saturated heterocycles. The summed E-state index contributed by atoms with van der Waals surface area (Å²) in [6.45, 7) is 2.75. The van der Waals surface area contributed by atoms with Gasteiger partial charge in [0.05, 0.1) is 11.1 Å². The van der Waals surface area contributed by atoms with Crippen molar-refractivity contribution in [1.29, 1.82) is 0 Å². The van der Waals surface area contributed by atoms with Crippen molar-refractivity contribution in [3.63, 3.8) is 0 Å². The van der Waals surface area contributed by atoms with Crippen LogP contribution in [0.15, 0.2) is 41.1 Å². The molecule has 0 bridgehead atoms. The maximum absolute atomic E-state index is 12.3. The lowest BCUT2D eigenvalue weighted by atomic mass is 10.1. The second-order valence-corrected chi connectivity index (χ2v) is 7.73. The molecule has 140 valence electrons. The zero-order chi connectivity index (χ0) is 18.2. The van der Waals surface area contributed by atoms with E-state index in [0.29, 0.717) is 17.3 Å². The first kappa shape index (κ1) is 19.2. The molecule has 1 fully saturated rings. The average molecular weight is 393 g/mol. The molecule has 0 radical (unpaired) electrons. The number of nitrogens with zero attached hydrogens (tertiary/aromatic N) is 1. The lowest BCUT2D eigenvalue weighted by Crippen LogP contribution is -2.40. The summed E-state index contributed by atoms with van der Waals surface area (Å²) in [6, 6.07) is 9.57. The van der Waals surface area contributed by atoms with Gasteiger partial charge in [-0.1, -0.05) is 36.6 Å². The van der Waals surface area contributed by atoms with Crippen LogP contribution in [-0.4, -0.2) is 37.0 Å². The van der Waals surface area contributed by atoms with Gasteiger partial charge in [-0.2, -0.15) is 11.3 Å². The summed E-state index contributed by atoms with van der Waals surface area (Å²) in [4.78, 5) is 14.8.